The monoisotopic (exact) mass is 320 g/mol. The first-order valence-corrected chi connectivity index (χ1v) is 7.61. The van der Waals surface area contributed by atoms with Gasteiger partial charge in [-0.2, -0.15) is 13.2 Å². The second kappa shape index (κ2) is 6.88. The highest BCUT2D eigenvalue weighted by molar-refractivity contribution is 6.31. The lowest BCUT2D eigenvalue weighted by molar-refractivity contribution is -0.179. The van der Waals surface area contributed by atoms with E-state index >= 15 is 0 Å². The molecule has 0 amide bonds. The number of halogens is 4. The largest absolute Gasteiger partial charge is 0.391 e. The molecular formula is C15H20ClF3N2. The van der Waals surface area contributed by atoms with Crippen LogP contribution in [0.15, 0.2) is 18.2 Å². The highest BCUT2D eigenvalue weighted by Gasteiger charge is 2.41. The number of alkyl halides is 3. The molecule has 1 N–H and O–H groups in total. The predicted octanol–water partition coefficient (Wildman–Crippen LogP) is 4.23. The van der Waals surface area contributed by atoms with Gasteiger partial charge in [-0.1, -0.05) is 24.6 Å². The summed E-state index contributed by atoms with van der Waals surface area (Å²) in [5, 5.41) is 3.89. The van der Waals surface area contributed by atoms with E-state index < -0.39 is 12.1 Å². The first kappa shape index (κ1) is 16.4. The third-order valence-corrected chi connectivity index (χ3v) is 4.30. The minimum Gasteiger partial charge on any atom is -0.371 e. The van der Waals surface area contributed by atoms with Crippen LogP contribution < -0.4 is 10.2 Å². The Morgan fingerprint density at radius 3 is 2.52 bits per heavy atom. The first-order chi connectivity index (χ1) is 9.93. The van der Waals surface area contributed by atoms with E-state index in [4.69, 9.17) is 11.6 Å². The molecule has 0 atom stereocenters. The maximum absolute atomic E-state index is 12.7. The van der Waals surface area contributed by atoms with E-state index in [1.165, 1.54) is 0 Å². The minimum absolute atomic E-state index is 0.149. The van der Waals surface area contributed by atoms with Gasteiger partial charge in [0, 0.05) is 35.9 Å². The number of nitrogens with zero attached hydrogens (tertiary/aromatic N) is 1. The Bertz CT molecular complexity index is 468. The Hall–Kier alpha value is -0.940. The van der Waals surface area contributed by atoms with Crippen molar-refractivity contribution < 1.29 is 13.2 Å². The maximum atomic E-state index is 12.7. The normalized spacial score (nSPS) is 17.3. The van der Waals surface area contributed by atoms with Crippen LogP contribution in [0, 0.1) is 5.92 Å². The number of hydrogen-bond acceptors (Lipinski definition) is 2. The molecule has 0 aliphatic carbocycles. The first-order valence-electron chi connectivity index (χ1n) is 7.23. The van der Waals surface area contributed by atoms with Crippen molar-refractivity contribution in [2.75, 3.05) is 24.5 Å². The van der Waals surface area contributed by atoms with Gasteiger partial charge < -0.3 is 10.2 Å². The van der Waals surface area contributed by atoms with E-state index in [-0.39, 0.29) is 12.8 Å². The van der Waals surface area contributed by atoms with Crippen LogP contribution in [0.25, 0.3) is 0 Å². The summed E-state index contributed by atoms with van der Waals surface area (Å²) in [6.45, 7) is 4.30. The minimum atomic E-state index is -4.08. The summed E-state index contributed by atoms with van der Waals surface area (Å²) in [4.78, 5) is 2.01. The molecule has 0 aromatic heterocycles. The van der Waals surface area contributed by atoms with Crippen molar-refractivity contribution in [2.24, 2.45) is 5.92 Å². The molecule has 6 heteroatoms. The molecule has 1 aliphatic heterocycles. The van der Waals surface area contributed by atoms with Gasteiger partial charge in [0.25, 0.3) is 0 Å². The van der Waals surface area contributed by atoms with Gasteiger partial charge in [-0.3, -0.25) is 0 Å². The van der Waals surface area contributed by atoms with Crippen LogP contribution in [0.2, 0.25) is 5.02 Å². The van der Waals surface area contributed by atoms with Crippen LogP contribution in [0.5, 0.6) is 0 Å². The number of anilines is 1. The molecule has 1 aliphatic rings. The van der Waals surface area contributed by atoms with Crippen molar-refractivity contribution >= 4 is 17.3 Å². The summed E-state index contributed by atoms with van der Waals surface area (Å²) in [6.07, 6.45) is -3.78. The van der Waals surface area contributed by atoms with Crippen molar-refractivity contribution in [3.8, 4) is 0 Å². The molecule has 0 saturated carbocycles. The van der Waals surface area contributed by atoms with E-state index in [0.29, 0.717) is 24.7 Å². The summed E-state index contributed by atoms with van der Waals surface area (Å²) in [6, 6.07) is 5.61. The van der Waals surface area contributed by atoms with Crippen LogP contribution in [-0.4, -0.2) is 25.8 Å². The predicted molar refractivity (Wildman–Crippen MR) is 79.8 cm³/mol. The lowest BCUT2D eigenvalue weighted by Gasteiger charge is -2.35. The lowest BCUT2D eigenvalue weighted by Crippen LogP contribution is -2.39. The second-order valence-corrected chi connectivity index (χ2v) is 5.73. The van der Waals surface area contributed by atoms with Crippen LogP contribution in [-0.2, 0) is 6.54 Å². The highest BCUT2D eigenvalue weighted by Crippen LogP contribution is 2.37. The summed E-state index contributed by atoms with van der Waals surface area (Å²) in [5.41, 5.74) is 1.91. The van der Waals surface area contributed by atoms with E-state index in [2.05, 4.69) is 5.32 Å². The molecule has 0 unspecified atom stereocenters. The van der Waals surface area contributed by atoms with Gasteiger partial charge in [0.05, 0.1) is 5.92 Å². The average Bonchev–Trinajstić information content (AvgIpc) is 2.45. The molecule has 1 aromatic carbocycles. The number of benzene rings is 1. The zero-order valence-corrected chi connectivity index (χ0v) is 12.8. The van der Waals surface area contributed by atoms with Crippen molar-refractivity contribution in [2.45, 2.75) is 32.5 Å². The number of piperidine rings is 1. The summed E-state index contributed by atoms with van der Waals surface area (Å²) >= 11 is 6.24. The SMILES string of the molecule is CCNCc1c(Cl)cccc1N1CCC(C(F)(F)F)CC1. The Morgan fingerprint density at radius 2 is 1.95 bits per heavy atom. The van der Waals surface area contributed by atoms with Crippen molar-refractivity contribution in [3.05, 3.63) is 28.8 Å². The van der Waals surface area contributed by atoms with Crippen molar-refractivity contribution in [1.29, 1.82) is 0 Å². The van der Waals surface area contributed by atoms with Gasteiger partial charge in [0.1, 0.15) is 0 Å². The smallest absolute Gasteiger partial charge is 0.371 e. The van der Waals surface area contributed by atoms with Crippen LogP contribution >= 0.6 is 11.6 Å². The molecule has 0 bridgehead atoms. The Balaban J connectivity index is 2.11. The molecule has 1 heterocycles. The lowest BCUT2D eigenvalue weighted by atomic mass is 9.95. The van der Waals surface area contributed by atoms with Crippen LogP contribution in [0.1, 0.15) is 25.3 Å². The Kier molecular flexibility index (Phi) is 5.38. The highest BCUT2D eigenvalue weighted by atomic mass is 35.5. The average molecular weight is 321 g/mol. The van der Waals surface area contributed by atoms with Crippen LogP contribution in [0.4, 0.5) is 18.9 Å². The third kappa shape index (κ3) is 4.04. The van der Waals surface area contributed by atoms with Crippen molar-refractivity contribution in [1.82, 2.24) is 5.32 Å². The summed E-state index contributed by atoms with van der Waals surface area (Å²) in [7, 11) is 0. The molecule has 118 valence electrons. The standard InChI is InChI=1S/C15H20ClF3N2/c1-2-20-10-12-13(16)4-3-5-14(12)21-8-6-11(7-9-21)15(17,18)19/h3-5,11,20H,2,6-10H2,1H3. The van der Waals surface area contributed by atoms with Crippen molar-refractivity contribution in [3.63, 3.8) is 0 Å². The number of nitrogens with one attached hydrogen (secondary N) is 1. The maximum Gasteiger partial charge on any atom is 0.391 e. The molecule has 1 fully saturated rings. The second-order valence-electron chi connectivity index (χ2n) is 5.32. The summed E-state index contributed by atoms with van der Waals surface area (Å²) in [5.74, 6) is -1.18. The number of rotatable bonds is 4. The zero-order valence-electron chi connectivity index (χ0n) is 12.0. The van der Waals surface area contributed by atoms with E-state index in [9.17, 15) is 13.2 Å². The zero-order chi connectivity index (χ0) is 15.5. The fourth-order valence-corrected chi connectivity index (χ4v) is 2.95. The van der Waals surface area contributed by atoms with Crippen LogP contribution in [0.3, 0.4) is 0 Å². The van der Waals surface area contributed by atoms with Gasteiger partial charge in [0.2, 0.25) is 0 Å². The van der Waals surface area contributed by atoms with E-state index in [1.807, 2.05) is 30.0 Å². The van der Waals surface area contributed by atoms with E-state index in [0.717, 1.165) is 17.8 Å². The Labute approximate surface area is 128 Å². The molecule has 21 heavy (non-hydrogen) atoms. The fraction of sp³-hybridized carbons (Fsp3) is 0.600. The van der Waals surface area contributed by atoms with E-state index in [1.54, 1.807) is 0 Å². The van der Waals surface area contributed by atoms with Gasteiger partial charge in [-0.25, -0.2) is 0 Å². The Morgan fingerprint density at radius 1 is 1.29 bits per heavy atom. The molecule has 1 saturated heterocycles. The van der Waals surface area contributed by atoms with Gasteiger partial charge in [-0.15, -0.1) is 0 Å². The topological polar surface area (TPSA) is 15.3 Å². The fourth-order valence-electron chi connectivity index (χ4n) is 2.72. The quantitative estimate of drug-likeness (QED) is 0.893. The molecular weight excluding hydrogens is 301 g/mol. The third-order valence-electron chi connectivity index (χ3n) is 3.94. The van der Waals surface area contributed by atoms with Gasteiger partial charge in [-0.05, 0) is 31.5 Å². The molecule has 2 nitrogen and oxygen atoms in total. The molecule has 0 spiro atoms. The van der Waals surface area contributed by atoms with Gasteiger partial charge in [0.15, 0.2) is 0 Å². The molecule has 1 aromatic rings. The summed E-state index contributed by atoms with van der Waals surface area (Å²) < 4.78 is 38.2. The molecule has 0 radical (unpaired) electrons. The molecule has 2 rings (SSSR count). The number of hydrogen-bond donors (Lipinski definition) is 1. The van der Waals surface area contributed by atoms with Gasteiger partial charge >= 0.3 is 6.18 Å².